The highest BCUT2D eigenvalue weighted by molar-refractivity contribution is 6.05. The van der Waals surface area contributed by atoms with Gasteiger partial charge in [0.2, 0.25) is 0 Å². The number of likely N-dealkylation sites (N-methyl/N-ethyl adjacent to an activating group) is 1. The van der Waals surface area contributed by atoms with Crippen LogP contribution in [0, 0.1) is 5.41 Å². The lowest BCUT2D eigenvalue weighted by atomic mass is 10.0. The molecule has 0 saturated carbocycles. The molecule has 3 N–H and O–H groups in total. The van der Waals surface area contributed by atoms with Gasteiger partial charge in [-0.15, -0.1) is 0 Å². The number of aliphatic hydroxyl groups excluding tert-OH is 1. The summed E-state index contributed by atoms with van der Waals surface area (Å²) in [5, 5.41) is 19.9. The average molecular weight is 233 g/mol. The molecular formula is C12H15N3O2. The zero-order valence-electron chi connectivity index (χ0n) is 9.55. The van der Waals surface area contributed by atoms with E-state index in [1.807, 2.05) is 30.3 Å². The molecule has 0 bridgehead atoms. The van der Waals surface area contributed by atoms with E-state index in [-0.39, 0.29) is 11.9 Å². The lowest BCUT2D eigenvalue weighted by Gasteiger charge is -2.23. The first-order valence-electron chi connectivity index (χ1n) is 5.44. The Morgan fingerprint density at radius 1 is 1.47 bits per heavy atom. The van der Waals surface area contributed by atoms with Crippen molar-refractivity contribution in [1.29, 1.82) is 5.41 Å². The fourth-order valence-electron chi connectivity index (χ4n) is 1.99. The Morgan fingerprint density at radius 2 is 2.12 bits per heavy atom. The quantitative estimate of drug-likeness (QED) is 0.685. The molecule has 5 heteroatoms. The van der Waals surface area contributed by atoms with E-state index in [1.54, 1.807) is 7.05 Å². The number of carbonyl (C=O) groups excluding carboxylic acids is 1. The molecular weight excluding hydrogens is 218 g/mol. The van der Waals surface area contributed by atoms with Crippen molar-refractivity contribution in [2.45, 2.75) is 18.6 Å². The molecule has 0 radical (unpaired) electrons. The minimum Gasteiger partial charge on any atom is -0.390 e. The van der Waals surface area contributed by atoms with Gasteiger partial charge in [0.1, 0.15) is 6.04 Å². The summed E-state index contributed by atoms with van der Waals surface area (Å²) >= 11 is 0. The Kier molecular flexibility index (Phi) is 3.10. The molecule has 1 aromatic carbocycles. The van der Waals surface area contributed by atoms with E-state index in [1.165, 1.54) is 4.90 Å². The number of amides is 1. The van der Waals surface area contributed by atoms with Gasteiger partial charge in [-0.1, -0.05) is 30.3 Å². The average Bonchev–Trinajstić information content (AvgIpc) is 2.54. The van der Waals surface area contributed by atoms with Crippen LogP contribution in [0.15, 0.2) is 30.3 Å². The van der Waals surface area contributed by atoms with E-state index < -0.39 is 12.1 Å². The molecule has 2 unspecified atom stereocenters. The van der Waals surface area contributed by atoms with Crippen LogP contribution in [-0.2, 0) is 11.2 Å². The molecule has 0 aromatic heterocycles. The second kappa shape index (κ2) is 4.55. The largest absolute Gasteiger partial charge is 0.390 e. The van der Waals surface area contributed by atoms with E-state index in [4.69, 9.17) is 5.41 Å². The van der Waals surface area contributed by atoms with E-state index >= 15 is 0 Å². The summed E-state index contributed by atoms with van der Waals surface area (Å²) in [5.41, 5.74) is 0.972. The second-order valence-corrected chi connectivity index (χ2v) is 4.15. The van der Waals surface area contributed by atoms with Crippen LogP contribution in [0.4, 0.5) is 0 Å². The van der Waals surface area contributed by atoms with Gasteiger partial charge in [-0.3, -0.25) is 15.5 Å². The molecule has 1 aliphatic heterocycles. The predicted molar refractivity (Wildman–Crippen MR) is 63.6 cm³/mol. The van der Waals surface area contributed by atoms with Gasteiger partial charge >= 0.3 is 0 Å². The standard InChI is InChI=1S/C12H15N3O2/c1-15-10(11(17)14-12(15)13)9(16)7-8-5-3-2-4-6-8/h2-6,9-10,16H,7H2,1H3,(H2,13,14,17). The van der Waals surface area contributed by atoms with Crippen molar-refractivity contribution in [3.8, 4) is 0 Å². The first-order valence-corrected chi connectivity index (χ1v) is 5.44. The van der Waals surface area contributed by atoms with E-state index in [0.717, 1.165) is 5.56 Å². The molecule has 2 atom stereocenters. The zero-order valence-corrected chi connectivity index (χ0v) is 9.55. The summed E-state index contributed by atoms with van der Waals surface area (Å²) in [7, 11) is 1.62. The topological polar surface area (TPSA) is 76.4 Å². The number of guanidine groups is 1. The van der Waals surface area contributed by atoms with Gasteiger partial charge in [0, 0.05) is 13.5 Å². The Hall–Kier alpha value is -1.88. The molecule has 1 saturated heterocycles. The van der Waals surface area contributed by atoms with E-state index in [2.05, 4.69) is 5.32 Å². The van der Waals surface area contributed by atoms with Gasteiger partial charge in [0.15, 0.2) is 5.96 Å². The number of hydrogen-bond acceptors (Lipinski definition) is 3. The van der Waals surface area contributed by atoms with Crippen LogP contribution in [0.3, 0.4) is 0 Å². The third-order valence-corrected chi connectivity index (χ3v) is 2.93. The summed E-state index contributed by atoms with van der Waals surface area (Å²) in [6, 6.07) is 8.82. The third-order valence-electron chi connectivity index (χ3n) is 2.93. The molecule has 0 spiro atoms. The normalized spacial score (nSPS) is 21.5. The van der Waals surface area contributed by atoms with Crippen LogP contribution in [0.25, 0.3) is 0 Å². The molecule has 1 amide bonds. The van der Waals surface area contributed by atoms with Crippen molar-refractivity contribution < 1.29 is 9.90 Å². The van der Waals surface area contributed by atoms with E-state index in [0.29, 0.717) is 6.42 Å². The number of hydrogen-bond donors (Lipinski definition) is 3. The second-order valence-electron chi connectivity index (χ2n) is 4.15. The molecule has 1 heterocycles. The number of benzene rings is 1. The van der Waals surface area contributed by atoms with Crippen molar-refractivity contribution in [3.63, 3.8) is 0 Å². The highest BCUT2D eigenvalue weighted by atomic mass is 16.3. The summed E-state index contributed by atoms with van der Waals surface area (Å²) in [6.45, 7) is 0. The third kappa shape index (κ3) is 2.29. The van der Waals surface area contributed by atoms with Crippen LogP contribution in [0.5, 0.6) is 0 Å². The van der Waals surface area contributed by atoms with Gasteiger partial charge < -0.3 is 10.0 Å². The summed E-state index contributed by atoms with van der Waals surface area (Å²) < 4.78 is 0. The Bertz CT molecular complexity index is 433. The summed E-state index contributed by atoms with van der Waals surface area (Å²) in [5.74, 6) is -0.284. The highest BCUT2D eigenvalue weighted by Crippen LogP contribution is 2.13. The molecule has 1 fully saturated rings. The molecule has 2 rings (SSSR count). The van der Waals surface area contributed by atoms with Crippen molar-refractivity contribution >= 4 is 11.9 Å². The van der Waals surface area contributed by atoms with Gasteiger partial charge in [0.05, 0.1) is 6.10 Å². The van der Waals surface area contributed by atoms with Gasteiger partial charge in [-0.25, -0.2) is 0 Å². The Morgan fingerprint density at radius 3 is 2.65 bits per heavy atom. The van der Waals surface area contributed by atoms with Crippen LogP contribution in [0.2, 0.25) is 0 Å². The number of carbonyl (C=O) groups is 1. The number of rotatable bonds is 3. The molecule has 0 aliphatic carbocycles. The van der Waals surface area contributed by atoms with Crippen LogP contribution in [0.1, 0.15) is 5.56 Å². The number of nitrogens with one attached hydrogen (secondary N) is 2. The molecule has 90 valence electrons. The monoisotopic (exact) mass is 233 g/mol. The first kappa shape index (κ1) is 11.6. The molecule has 1 aromatic rings. The lowest BCUT2D eigenvalue weighted by molar-refractivity contribution is -0.124. The van der Waals surface area contributed by atoms with Crippen LogP contribution in [-0.4, -0.2) is 41.1 Å². The maximum absolute atomic E-state index is 11.6. The van der Waals surface area contributed by atoms with Crippen molar-refractivity contribution in [2.24, 2.45) is 0 Å². The lowest BCUT2D eigenvalue weighted by Crippen LogP contribution is -2.43. The fourth-order valence-corrected chi connectivity index (χ4v) is 1.99. The smallest absolute Gasteiger partial charge is 0.252 e. The minimum atomic E-state index is -0.815. The minimum absolute atomic E-state index is 0.0344. The molecule has 5 nitrogen and oxygen atoms in total. The molecule has 17 heavy (non-hydrogen) atoms. The summed E-state index contributed by atoms with van der Waals surface area (Å²) in [6.07, 6.45) is -0.415. The number of nitrogens with zero attached hydrogens (tertiary/aromatic N) is 1. The summed E-state index contributed by atoms with van der Waals surface area (Å²) in [4.78, 5) is 13.0. The van der Waals surface area contributed by atoms with Gasteiger partial charge in [0.25, 0.3) is 5.91 Å². The van der Waals surface area contributed by atoms with Crippen LogP contribution >= 0.6 is 0 Å². The van der Waals surface area contributed by atoms with Crippen molar-refractivity contribution in [3.05, 3.63) is 35.9 Å². The van der Waals surface area contributed by atoms with Gasteiger partial charge in [-0.2, -0.15) is 0 Å². The van der Waals surface area contributed by atoms with Crippen molar-refractivity contribution in [1.82, 2.24) is 10.2 Å². The zero-order chi connectivity index (χ0) is 12.4. The predicted octanol–water partition coefficient (Wildman–Crippen LogP) is -0.0450. The Labute approximate surface area is 99.6 Å². The van der Waals surface area contributed by atoms with E-state index in [9.17, 15) is 9.90 Å². The number of aliphatic hydroxyl groups is 1. The maximum Gasteiger partial charge on any atom is 0.252 e. The highest BCUT2D eigenvalue weighted by Gasteiger charge is 2.38. The SMILES string of the molecule is CN1C(=N)NC(=O)C1C(O)Cc1ccccc1. The Balaban J connectivity index is 2.08. The molecule has 1 aliphatic rings. The van der Waals surface area contributed by atoms with Gasteiger partial charge in [-0.05, 0) is 5.56 Å². The van der Waals surface area contributed by atoms with Crippen molar-refractivity contribution in [2.75, 3.05) is 7.05 Å². The van der Waals surface area contributed by atoms with Crippen LogP contribution < -0.4 is 5.32 Å². The maximum atomic E-state index is 11.6. The first-order chi connectivity index (χ1) is 8.09. The fraction of sp³-hybridized carbons (Fsp3) is 0.333.